The number of aryl methyl sites for hydroxylation is 2. The SMILES string of the molecule is COC1CCN(c2ccc(-c3nc(NC(=O)C(C)n4cnc5c4c(=O)n(C)c(=O)n5C)sc3C)cc2F)C1. The molecule has 1 aromatic carbocycles. The number of anilines is 2. The van der Waals surface area contributed by atoms with Crippen LogP contribution in [0, 0.1) is 12.7 Å². The van der Waals surface area contributed by atoms with Crippen molar-refractivity contribution >= 4 is 39.2 Å². The number of hydrogen-bond acceptors (Lipinski definition) is 8. The molecule has 1 saturated heterocycles. The number of aromatic nitrogens is 5. The van der Waals surface area contributed by atoms with Gasteiger partial charge in [0.05, 0.1) is 23.8 Å². The third-order valence-electron chi connectivity index (χ3n) is 7.04. The van der Waals surface area contributed by atoms with Crippen LogP contribution in [0.5, 0.6) is 0 Å². The van der Waals surface area contributed by atoms with E-state index in [1.807, 2.05) is 17.9 Å². The summed E-state index contributed by atoms with van der Waals surface area (Å²) < 4.78 is 24.1. The van der Waals surface area contributed by atoms with Crippen LogP contribution in [0.2, 0.25) is 0 Å². The molecule has 0 spiro atoms. The van der Waals surface area contributed by atoms with Crippen LogP contribution in [0.4, 0.5) is 15.2 Å². The molecule has 2 unspecified atom stereocenters. The zero-order chi connectivity index (χ0) is 27.3. The Morgan fingerprint density at radius 3 is 2.71 bits per heavy atom. The molecule has 0 radical (unpaired) electrons. The molecule has 2 atom stereocenters. The number of thiazole rings is 1. The Morgan fingerprint density at radius 2 is 2.03 bits per heavy atom. The Morgan fingerprint density at radius 1 is 1.26 bits per heavy atom. The van der Waals surface area contributed by atoms with E-state index in [1.165, 1.54) is 47.0 Å². The van der Waals surface area contributed by atoms with Gasteiger partial charge in [-0.3, -0.25) is 18.7 Å². The van der Waals surface area contributed by atoms with Crippen molar-refractivity contribution in [3.8, 4) is 11.3 Å². The number of amides is 1. The Kier molecular flexibility index (Phi) is 6.65. The number of halogens is 1. The van der Waals surface area contributed by atoms with Crippen molar-refractivity contribution in [3.05, 3.63) is 56.1 Å². The quantitative estimate of drug-likeness (QED) is 0.399. The minimum absolute atomic E-state index is 0.0960. The van der Waals surface area contributed by atoms with Gasteiger partial charge < -0.3 is 19.5 Å². The van der Waals surface area contributed by atoms with Gasteiger partial charge in [0.2, 0.25) is 5.91 Å². The molecule has 3 aromatic heterocycles. The molecule has 13 heteroatoms. The number of rotatable bonds is 6. The van der Waals surface area contributed by atoms with Gasteiger partial charge in [-0.1, -0.05) is 6.07 Å². The van der Waals surface area contributed by atoms with Gasteiger partial charge >= 0.3 is 5.69 Å². The second-order valence-electron chi connectivity index (χ2n) is 9.38. The first-order chi connectivity index (χ1) is 18.1. The number of imidazole rings is 1. The molecule has 200 valence electrons. The number of nitrogens with one attached hydrogen (secondary N) is 1. The van der Waals surface area contributed by atoms with Crippen LogP contribution < -0.4 is 21.5 Å². The van der Waals surface area contributed by atoms with Gasteiger partial charge in [-0.15, -0.1) is 11.3 Å². The number of carbonyl (C=O) groups is 1. The number of fused-ring (bicyclic) bond motifs is 1. The van der Waals surface area contributed by atoms with E-state index in [1.54, 1.807) is 20.1 Å². The monoisotopic (exact) mass is 541 g/mol. The topological polar surface area (TPSA) is 116 Å². The van der Waals surface area contributed by atoms with Crippen LogP contribution in [0.3, 0.4) is 0 Å². The smallest absolute Gasteiger partial charge is 0.332 e. The molecular formula is C25H28FN7O4S. The average Bonchev–Trinajstić information content (AvgIpc) is 3.64. The summed E-state index contributed by atoms with van der Waals surface area (Å²) >= 11 is 1.28. The van der Waals surface area contributed by atoms with Crippen molar-refractivity contribution in [1.82, 2.24) is 23.7 Å². The van der Waals surface area contributed by atoms with E-state index < -0.39 is 23.2 Å². The number of nitrogens with zero attached hydrogens (tertiary/aromatic N) is 6. The van der Waals surface area contributed by atoms with E-state index >= 15 is 4.39 Å². The third-order valence-corrected chi connectivity index (χ3v) is 7.92. The predicted octanol–water partition coefficient (Wildman–Crippen LogP) is 2.43. The molecular weight excluding hydrogens is 513 g/mol. The molecule has 1 aliphatic rings. The fourth-order valence-electron chi connectivity index (χ4n) is 4.76. The Balaban J connectivity index is 1.37. The van der Waals surface area contributed by atoms with Gasteiger partial charge in [0.25, 0.3) is 5.56 Å². The molecule has 4 heterocycles. The number of benzene rings is 1. The van der Waals surface area contributed by atoms with Crippen LogP contribution in [-0.2, 0) is 23.6 Å². The summed E-state index contributed by atoms with van der Waals surface area (Å²) in [6.07, 6.45) is 2.32. The Labute approximate surface area is 221 Å². The standard InChI is InChI=1S/C25H28FN7O4S/c1-13(33-12-27-21-20(33)23(35)31(4)25(36)30(21)3)22(34)29-24-28-19(14(2)38-24)15-6-7-18(17(26)10-15)32-9-8-16(11-32)37-5/h6-7,10,12-13,16H,8-9,11H2,1-5H3,(H,28,29,34). The molecule has 11 nitrogen and oxygen atoms in total. The summed E-state index contributed by atoms with van der Waals surface area (Å²) in [5, 5.41) is 3.15. The maximum atomic E-state index is 15.0. The number of hydrogen-bond donors (Lipinski definition) is 1. The van der Waals surface area contributed by atoms with E-state index in [2.05, 4.69) is 15.3 Å². The largest absolute Gasteiger partial charge is 0.380 e. The lowest BCUT2D eigenvalue weighted by Gasteiger charge is -2.19. The molecule has 1 fully saturated rings. The Hall–Kier alpha value is -3.84. The lowest BCUT2D eigenvalue weighted by molar-refractivity contribution is -0.118. The fourth-order valence-corrected chi connectivity index (χ4v) is 5.60. The third kappa shape index (κ3) is 4.31. The van der Waals surface area contributed by atoms with Gasteiger partial charge in [0.1, 0.15) is 11.9 Å². The van der Waals surface area contributed by atoms with Gasteiger partial charge in [-0.25, -0.2) is 19.2 Å². The van der Waals surface area contributed by atoms with Crippen molar-refractivity contribution in [1.29, 1.82) is 0 Å². The Bertz CT molecular complexity index is 1670. The zero-order valence-corrected chi connectivity index (χ0v) is 22.5. The highest BCUT2D eigenvalue weighted by Gasteiger charge is 2.26. The molecule has 1 aliphatic heterocycles. The van der Waals surface area contributed by atoms with Crippen LogP contribution >= 0.6 is 11.3 Å². The van der Waals surface area contributed by atoms with Crippen LogP contribution in [0.1, 0.15) is 24.3 Å². The van der Waals surface area contributed by atoms with Crippen molar-refractivity contribution in [2.45, 2.75) is 32.4 Å². The first kappa shape index (κ1) is 25.8. The van der Waals surface area contributed by atoms with Gasteiger partial charge in [0.15, 0.2) is 16.3 Å². The van der Waals surface area contributed by atoms with Gasteiger partial charge in [-0.05, 0) is 32.4 Å². The lowest BCUT2D eigenvalue weighted by Crippen LogP contribution is -2.38. The summed E-state index contributed by atoms with van der Waals surface area (Å²) in [6.45, 7) is 4.86. The molecule has 0 bridgehead atoms. The van der Waals surface area contributed by atoms with E-state index in [4.69, 9.17) is 4.74 Å². The maximum absolute atomic E-state index is 15.0. The minimum Gasteiger partial charge on any atom is -0.380 e. The number of methoxy groups -OCH3 is 1. The molecule has 1 amide bonds. The van der Waals surface area contributed by atoms with E-state index in [0.717, 1.165) is 22.4 Å². The van der Waals surface area contributed by atoms with Crippen LogP contribution in [0.25, 0.3) is 22.4 Å². The second-order valence-corrected chi connectivity index (χ2v) is 10.6. The number of ether oxygens (including phenoxy) is 1. The fraction of sp³-hybridized carbons (Fsp3) is 0.400. The van der Waals surface area contributed by atoms with Crippen molar-refractivity contribution in [2.75, 3.05) is 30.4 Å². The normalized spacial score (nSPS) is 16.4. The van der Waals surface area contributed by atoms with Crippen molar-refractivity contribution in [2.24, 2.45) is 14.1 Å². The van der Waals surface area contributed by atoms with Crippen LogP contribution in [0.15, 0.2) is 34.1 Å². The molecule has 38 heavy (non-hydrogen) atoms. The first-order valence-electron chi connectivity index (χ1n) is 12.1. The highest BCUT2D eigenvalue weighted by atomic mass is 32.1. The molecule has 4 aromatic rings. The number of carbonyl (C=O) groups excluding carboxylic acids is 1. The van der Waals surface area contributed by atoms with Crippen molar-refractivity contribution in [3.63, 3.8) is 0 Å². The second kappa shape index (κ2) is 9.80. The highest BCUT2D eigenvalue weighted by molar-refractivity contribution is 7.16. The predicted molar refractivity (Wildman–Crippen MR) is 143 cm³/mol. The minimum atomic E-state index is -0.814. The van der Waals surface area contributed by atoms with Gasteiger partial charge in [-0.2, -0.15) is 0 Å². The van der Waals surface area contributed by atoms with E-state index in [-0.39, 0.29) is 23.1 Å². The summed E-state index contributed by atoms with van der Waals surface area (Å²) in [4.78, 5) is 49.6. The molecule has 0 aliphatic carbocycles. The first-order valence-corrected chi connectivity index (χ1v) is 12.9. The summed E-state index contributed by atoms with van der Waals surface area (Å²) in [7, 11) is 4.56. The van der Waals surface area contributed by atoms with Crippen molar-refractivity contribution < 1.29 is 13.9 Å². The molecule has 1 N–H and O–H groups in total. The average molecular weight is 542 g/mol. The van der Waals surface area contributed by atoms with Crippen LogP contribution in [-0.4, -0.2) is 55.9 Å². The van der Waals surface area contributed by atoms with Gasteiger partial charge in [0, 0.05) is 44.7 Å². The van der Waals surface area contributed by atoms with E-state index in [0.29, 0.717) is 28.6 Å². The highest BCUT2D eigenvalue weighted by Crippen LogP contribution is 2.34. The summed E-state index contributed by atoms with van der Waals surface area (Å²) in [6, 6.07) is 4.22. The summed E-state index contributed by atoms with van der Waals surface area (Å²) in [5.41, 5.74) is 1.03. The molecule has 5 rings (SSSR count). The maximum Gasteiger partial charge on any atom is 0.332 e. The molecule has 0 saturated carbocycles. The lowest BCUT2D eigenvalue weighted by atomic mass is 10.1. The van der Waals surface area contributed by atoms with E-state index in [9.17, 15) is 14.4 Å². The summed E-state index contributed by atoms with van der Waals surface area (Å²) in [5.74, 6) is -0.752. The zero-order valence-electron chi connectivity index (χ0n) is 21.7.